The Labute approximate surface area is 141 Å². The fourth-order valence-corrected chi connectivity index (χ4v) is 2.82. The molecule has 0 spiro atoms. The number of rotatable bonds is 2. The molecule has 0 unspecified atom stereocenters. The van der Waals surface area contributed by atoms with Crippen LogP contribution < -0.4 is 25.0 Å². The van der Waals surface area contributed by atoms with Crippen LogP contribution in [0.15, 0.2) is 18.2 Å². The molecular weight excluding hydrogens is 310 g/mol. The number of nitrogens with one attached hydrogen (secondary N) is 2. The molecule has 1 fully saturated rings. The molecule has 1 saturated heterocycles. The molecule has 0 saturated carbocycles. The molecule has 130 valence electrons. The van der Waals surface area contributed by atoms with E-state index in [0.717, 1.165) is 5.69 Å². The Bertz CT molecular complexity index is 654. The second-order valence-electron chi connectivity index (χ2n) is 7.08. The largest absolute Gasteiger partial charge is 0.486 e. The lowest BCUT2D eigenvalue weighted by molar-refractivity contribution is -0.117. The summed E-state index contributed by atoms with van der Waals surface area (Å²) in [4.78, 5) is 25.9. The second kappa shape index (κ2) is 6.22. The van der Waals surface area contributed by atoms with E-state index in [2.05, 4.69) is 10.6 Å². The molecular formula is C17H23N3O4. The highest BCUT2D eigenvalue weighted by molar-refractivity contribution is 5.97. The van der Waals surface area contributed by atoms with Crippen molar-refractivity contribution >= 4 is 17.6 Å². The first-order valence-electron chi connectivity index (χ1n) is 8.10. The van der Waals surface area contributed by atoms with E-state index in [1.165, 1.54) is 0 Å². The molecule has 0 aliphatic carbocycles. The zero-order valence-corrected chi connectivity index (χ0v) is 14.2. The van der Waals surface area contributed by atoms with Gasteiger partial charge >= 0.3 is 6.03 Å². The van der Waals surface area contributed by atoms with Crippen LogP contribution in [0.3, 0.4) is 0 Å². The van der Waals surface area contributed by atoms with Crippen LogP contribution in [0.25, 0.3) is 0 Å². The van der Waals surface area contributed by atoms with Gasteiger partial charge in [-0.25, -0.2) is 4.79 Å². The van der Waals surface area contributed by atoms with E-state index in [1.54, 1.807) is 4.90 Å². The number of hydrogen-bond acceptors (Lipinski definition) is 4. The van der Waals surface area contributed by atoms with Crippen LogP contribution in [0.4, 0.5) is 10.5 Å². The van der Waals surface area contributed by atoms with Gasteiger partial charge in [0.2, 0.25) is 5.91 Å². The zero-order valence-electron chi connectivity index (χ0n) is 14.2. The van der Waals surface area contributed by atoms with Gasteiger partial charge in [-0.2, -0.15) is 0 Å². The molecule has 0 bridgehead atoms. The summed E-state index contributed by atoms with van der Waals surface area (Å²) >= 11 is 0. The Morgan fingerprint density at radius 2 is 1.92 bits per heavy atom. The first kappa shape index (κ1) is 16.4. The van der Waals surface area contributed by atoms with Gasteiger partial charge in [0.25, 0.3) is 0 Å². The Hall–Kier alpha value is -2.44. The van der Waals surface area contributed by atoms with Gasteiger partial charge in [0.15, 0.2) is 11.5 Å². The number of carbonyl (C=O) groups excluding carboxylic acids is 2. The molecule has 1 aromatic carbocycles. The minimum Gasteiger partial charge on any atom is -0.486 e. The highest BCUT2D eigenvalue weighted by Gasteiger charge is 2.32. The van der Waals surface area contributed by atoms with Crippen molar-refractivity contribution in [2.24, 2.45) is 0 Å². The van der Waals surface area contributed by atoms with Crippen LogP contribution in [0.5, 0.6) is 11.5 Å². The normalized spacial score (nSPS) is 20.0. The summed E-state index contributed by atoms with van der Waals surface area (Å²) in [5.74, 6) is 1.32. The molecule has 0 aromatic heterocycles. The molecule has 24 heavy (non-hydrogen) atoms. The van der Waals surface area contributed by atoms with Crippen molar-refractivity contribution in [3.8, 4) is 11.5 Å². The quantitative estimate of drug-likeness (QED) is 0.863. The van der Waals surface area contributed by atoms with Gasteiger partial charge in [0.1, 0.15) is 13.2 Å². The van der Waals surface area contributed by atoms with Gasteiger partial charge in [-0.15, -0.1) is 0 Å². The van der Waals surface area contributed by atoms with Crippen LogP contribution in [0.1, 0.15) is 27.2 Å². The molecule has 2 heterocycles. The number of urea groups is 1. The lowest BCUT2D eigenvalue weighted by atomic mass is 10.1. The number of benzene rings is 1. The molecule has 1 aromatic rings. The van der Waals surface area contributed by atoms with E-state index in [1.807, 2.05) is 39.0 Å². The van der Waals surface area contributed by atoms with Crippen LogP contribution in [0.2, 0.25) is 0 Å². The molecule has 2 N–H and O–H groups in total. The van der Waals surface area contributed by atoms with Gasteiger partial charge < -0.3 is 25.0 Å². The van der Waals surface area contributed by atoms with E-state index in [-0.39, 0.29) is 29.9 Å². The molecule has 2 aliphatic rings. The van der Waals surface area contributed by atoms with Crippen molar-refractivity contribution in [3.05, 3.63) is 18.2 Å². The fourth-order valence-electron chi connectivity index (χ4n) is 2.82. The van der Waals surface area contributed by atoms with Crippen molar-refractivity contribution < 1.29 is 19.1 Å². The standard InChI is InChI=1S/C17H23N3O4/c1-17(2,3)19-16(22)18-11-8-15(21)20(10-11)12-4-5-13-14(9-12)24-7-6-23-13/h4-5,9,11H,6-8,10H2,1-3H3,(H2,18,19,22)/t11-/m0/s1. The predicted octanol–water partition coefficient (Wildman–Crippen LogP) is 1.66. The van der Waals surface area contributed by atoms with Gasteiger partial charge in [-0.1, -0.05) is 0 Å². The number of anilines is 1. The predicted molar refractivity (Wildman–Crippen MR) is 89.6 cm³/mol. The van der Waals surface area contributed by atoms with Gasteiger partial charge in [0, 0.05) is 30.3 Å². The van der Waals surface area contributed by atoms with Crippen LogP contribution in [-0.2, 0) is 4.79 Å². The second-order valence-corrected chi connectivity index (χ2v) is 7.08. The van der Waals surface area contributed by atoms with E-state index in [4.69, 9.17) is 9.47 Å². The first-order chi connectivity index (χ1) is 11.3. The topological polar surface area (TPSA) is 79.9 Å². The maximum Gasteiger partial charge on any atom is 0.315 e. The van der Waals surface area contributed by atoms with E-state index < -0.39 is 0 Å². The number of fused-ring (bicyclic) bond motifs is 1. The van der Waals surface area contributed by atoms with Crippen molar-refractivity contribution in [3.63, 3.8) is 0 Å². The highest BCUT2D eigenvalue weighted by Crippen LogP contribution is 2.35. The van der Waals surface area contributed by atoms with E-state index >= 15 is 0 Å². The van der Waals surface area contributed by atoms with Gasteiger partial charge in [-0.05, 0) is 32.9 Å². The number of hydrogen-bond donors (Lipinski definition) is 2. The van der Waals surface area contributed by atoms with Gasteiger partial charge in [-0.3, -0.25) is 4.79 Å². The maximum absolute atomic E-state index is 12.3. The summed E-state index contributed by atoms with van der Waals surface area (Å²) in [6, 6.07) is 4.98. The van der Waals surface area contributed by atoms with E-state index in [0.29, 0.717) is 31.3 Å². The summed E-state index contributed by atoms with van der Waals surface area (Å²) in [5.41, 5.74) is 0.437. The third-order valence-electron chi connectivity index (χ3n) is 3.79. The SMILES string of the molecule is CC(C)(C)NC(=O)N[C@H]1CC(=O)N(c2ccc3c(c2)OCCO3)C1. The molecule has 1 atom stereocenters. The summed E-state index contributed by atoms with van der Waals surface area (Å²) < 4.78 is 11.1. The summed E-state index contributed by atoms with van der Waals surface area (Å²) in [5, 5.41) is 5.70. The summed E-state index contributed by atoms with van der Waals surface area (Å²) in [6.45, 7) is 7.21. The van der Waals surface area contributed by atoms with Crippen molar-refractivity contribution in [1.82, 2.24) is 10.6 Å². The Morgan fingerprint density at radius 3 is 2.62 bits per heavy atom. The monoisotopic (exact) mass is 333 g/mol. The number of ether oxygens (including phenoxy) is 2. The van der Waals surface area contributed by atoms with Crippen LogP contribution in [-0.4, -0.2) is 43.3 Å². The minimum absolute atomic E-state index is 0.0206. The van der Waals surface area contributed by atoms with E-state index in [9.17, 15) is 9.59 Å². The van der Waals surface area contributed by atoms with Crippen molar-refractivity contribution in [2.75, 3.05) is 24.7 Å². The Morgan fingerprint density at radius 1 is 1.21 bits per heavy atom. The van der Waals surface area contributed by atoms with Crippen molar-refractivity contribution in [1.29, 1.82) is 0 Å². The Balaban J connectivity index is 1.66. The average Bonchev–Trinajstić information content (AvgIpc) is 2.85. The zero-order chi connectivity index (χ0) is 17.3. The molecule has 7 heteroatoms. The molecule has 2 aliphatic heterocycles. The number of nitrogens with zero attached hydrogens (tertiary/aromatic N) is 1. The third-order valence-corrected chi connectivity index (χ3v) is 3.79. The smallest absolute Gasteiger partial charge is 0.315 e. The van der Waals surface area contributed by atoms with Gasteiger partial charge in [0.05, 0.1) is 6.04 Å². The average molecular weight is 333 g/mol. The molecule has 3 amide bonds. The van der Waals surface area contributed by atoms with Crippen LogP contribution in [0, 0.1) is 0 Å². The fraction of sp³-hybridized carbons (Fsp3) is 0.529. The molecule has 7 nitrogen and oxygen atoms in total. The maximum atomic E-state index is 12.3. The van der Waals surface area contributed by atoms with Crippen LogP contribution >= 0.6 is 0 Å². The van der Waals surface area contributed by atoms with Crippen molar-refractivity contribution in [2.45, 2.75) is 38.8 Å². The third kappa shape index (κ3) is 3.72. The molecule has 3 rings (SSSR count). The Kier molecular flexibility index (Phi) is 4.26. The summed E-state index contributed by atoms with van der Waals surface area (Å²) in [7, 11) is 0. The molecule has 0 radical (unpaired) electrons. The highest BCUT2D eigenvalue weighted by atomic mass is 16.6. The lowest BCUT2D eigenvalue weighted by Gasteiger charge is -2.23. The lowest BCUT2D eigenvalue weighted by Crippen LogP contribution is -2.50. The number of amides is 3. The first-order valence-corrected chi connectivity index (χ1v) is 8.10. The summed E-state index contributed by atoms with van der Waals surface area (Å²) in [6.07, 6.45) is 0.284. The number of carbonyl (C=O) groups is 2. The minimum atomic E-state index is -0.317.